The molecule has 0 unspecified atom stereocenters. The summed E-state index contributed by atoms with van der Waals surface area (Å²) < 4.78 is 1.75. The predicted molar refractivity (Wildman–Crippen MR) is 78.1 cm³/mol. The molecule has 0 N–H and O–H groups in total. The molecule has 0 bridgehead atoms. The number of nitro benzene ring substituents is 1. The second kappa shape index (κ2) is 5.72. The number of nitro groups is 1. The van der Waals surface area contributed by atoms with Crippen LogP contribution in [0.1, 0.15) is 11.4 Å². The van der Waals surface area contributed by atoms with Gasteiger partial charge in [-0.05, 0) is 28.4 Å². The molecule has 0 amide bonds. The van der Waals surface area contributed by atoms with Crippen LogP contribution in [0.4, 0.5) is 5.69 Å². The zero-order chi connectivity index (χ0) is 14.9. The van der Waals surface area contributed by atoms with E-state index in [1.165, 1.54) is 16.7 Å². The summed E-state index contributed by atoms with van der Waals surface area (Å²) in [6.45, 7) is 1.83. The van der Waals surface area contributed by atoms with Gasteiger partial charge in [0.25, 0.3) is 11.2 Å². The number of aromatic nitrogens is 2. The largest absolute Gasteiger partial charge is 0.292 e. The SMILES string of the molecule is Cc1nc(Cl)cc(=O)n1Cc1cccc([N+](=O)[O-])c1Br. The summed E-state index contributed by atoms with van der Waals surface area (Å²) in [5.41, 5.74) is 0.268. The first-order valence-electron chi connectivity index (χ1n) is 5.56. The van der Waals surface area contributed by atoms with E-state index in [9.17, 15) is 14.9 Å². The molecule has 1 aromatic carbocycles. The van der Waals surface area contributed by atoms with E-state index in [4.69, 9.17) is 11.6 Å². The summed E-state index contributed by atoms with van der Waals surface area (Å²) in [6, 6.07) is 5.88. The van der Waals surface area contributed by atoms with E-state index < -0.39 is 4.92 Å². The van der Waals surface area contributed by atoms with Crippen molar-refractivity contribution < 1.29 is 4.92 Å². The minimum atomic E-state index is -0.483. The van der Waals surface area contributed by atoms with Gasteiger partial charge in [-0.25, -0.2) is 4.98 Å². The van der Waals surface area contributed by atoms with Gasteiger partial charge in [0.2, 0.25) is 0 Å². The zero-order valence-electron chi connectivity index (χ0n) is 10.3. The molecule has 1 heterocycles. The quantitative estimate of drug-likeness (QED) is 0.480. The third kappa shape index (κ3) is 2.88. The van der Waals surface area contributed by atoms with Crippen molar-refractivity contribution in [2.45, 2.75) is 13.5 Å². The molecule has 0 saturated heterocycles. The molecule has 0 saturated carbocycles. The molecular formula is C12H9BrClN3O3. The molecule has 0 aliphatic heterocycles. The normalized spacial score (nSPS) is 10.6. The lowest BCUT2D eigenvalue weighted by atomic mass is 10.2. The first-order chi connectivity index (χ1) is 9.40. The Kier molecular flexibility index (Phi) is 4.20. The lowest BCUT2D eigenvalue weighted by molar-refractivity contribution is -0.385. The van der Waals surface area contributed by atoms with E-state index in [2.05, 4.69) is 20.9 Å². The summed E-state index contributed by atoms with van der Waals surface area (Å²) in [5, 5.41) is 11.0. The van der Waals surface area contributed by atoms with Gasteiger partial charge in [0, 0.05) is 12.1 Å². The third-order valence-corrected chi connectivity index (χ3v) is 3.86. The van der Waals surface area contributed by atoms with Gasteiger partial charge < -0.3 is 0 Å². The van der Waals surface area contributed by atoms with Gasteiger partial charge in [0.1, 0.15) is 15.5 Å². The molecule has 6 nitrogen and oxygen atoms in total. The van der Waals surface area contributed by atoms with Crippen molar-refractivity contribution in [3.8, 4) is 0 Å². The second-order valence-electron chi connectivity index (χ2n) is 4.06. The standard InChI is InChI=1S/C12H9BrClN3O3/c1-7-15-10(14)5-11(18)16(7)6-8-3-2-4-9(12(8)13)17(19)20/h2-5H,6H2,1H3. The molecule has 104 valence electrons. The fourth-order valence-corrected chi connectivity index (χ4v) is 2.53. The maximum atomic E-state index is 11.9. The van der Waals surface area contributed by atoms with E-state index in [0.717, 1.165) is 0 Å². The summed E-state index contributed by atoms with van der Waals surface area (Å²) in [7, 11) is 0. The molecule has 0 spiro atoms. The fraction of sp³-hybridized carbons (Fsp3) is 0.167. The van der Waals surface area contributed by atoms with E-state index in [1.54, 1.807) is 19.1 Å². The van der Waals surface area contributed by atoms with Crippen molar-refractivity contribution in [1.82, 2.24) is 9.55 Å². The first-order valence-corrected chi connectivity index (χ1v) is 6.73. The topological polar surface area (TPSA) is 78.0 Å². The van der Waals surface area contributed by atoms with Crippen molar-refractivity contribution >= 4 is 33.2 Å². The molecule has 20 heavy (non-hydrogen) atoms. The van der Waals surface area contributed by atoms with Crippen LogP contribution in [0.5, 0.6) is 0 Å². The van der Waals surface area contributed by atoms with Gasteiger partial charge in [-0.3, -0.25) is 19.5 Å². The highest BCUT2D eigenvalue weighted by Crippen LogP contribution is 2.28. The third-order valence-electron chi connectivity index (χ3n) is 2.75. The molecule has 8 heteroatoms. The van der Waals surface area contributed by atoms with E-state index in [-0.39, 0.29) is 22.9 Å². The highest BCUT2D eigenvalue weighted by molar-refractivity contribution is 9.10. The summed E-state index contributed by atoms with van der Waals surface area (Å²) in [5.74, 6) is 0.445. The number of hydrogen-bond acceptors (Lipinski definition) is 4. The molecule has 2 rings (SSSR count). The van der Waals surface area contributed by atoms with Gasteiger partial charge in [-0.2, -0.15) is 0 Å². The molecule has 0 fully saturated rings. The van der Waals surface area contributed by atoms with E-state index in [1.807, 2.05) is 0 Å². The summed E-state index contributed by atoms with van der Waals surface area (Å²) >= 11 is 8.90. The Morgan fingerprint density at radius 3 is 2.80 bits per heavy atom. The van der Waals surface area contributed by atoms with Crippen LogP contribution in [0.25, 0.3) is 0 Å². The van der Waals surface area contributed by atoms with Crippen LogP contribution in [0.3, 0.4) is 0 Å². The van der Waals surface area contributed by atoms with Crippen molar-refractivity contribution in [1.29, 1.82) is 0 Å². The van der Waals surface area contributed by atoms with Gasteiger partial charge >= 0.3 is 0 Å². The molecule has 0 aliphatic rings. The highest BCUT2D eigenvalue weighted by Gasteiger charge is 2.16. The first kappa shape index (κ1) is 14.7. The second-order valence-corrected chi connectivity index (χ2v) is 5.24. The Bertz CT molecular complexity index is 745. The Labute approximate surface area is 127 Å². The molecule has 0 atom stereocenters. The van der Waals surface area contributed by atoms with Gasteiger partial charge in [-0.1, -0.05) is 23.7 Å². The fourth-order valence-electron chi connectivity index (χ4n) is 1.78. The molecule has 1 aromatic heterocycles. The highest BCUT2D eigenvalue weighted by atomic mass is 79.9. The minimum absolute atomic E-state index is 0.0462. The monoisotopic (exact) mass is 357 g/mol. The number of halogens is 2. The predicted octanol–water partition coefficient (Wildman–Crippen LogP) is 2.92. The van der Waals surface area contributed by atoms with E-state index >= 15 is 0 Å². The van der Waals surface area contributed by atoms with Gasteiger partial charge in [0.05, 0.1) is 11.5 Å². The van der Waals surface area contributed by atoms with Crippen LogP contribution in [0.15, 0.2) is 33.5 Å². The number of aryl methyl sites for hydroxylation is 1. The van der Waals surface area contributed by atoms with Crippen molar-refractivity contribution in [3.63, 3.8) is 0 Å². The Morgan fingerprint density at radius 1 is 1.50 bits per heavy atom. The molecular weight excluding hydrogens is 350 g/mol. The average Bonchev–Trinajstić information content (AvgIpc) is 2.35. The van der Waals surface area contributed by atoms with Crippen LogP contribution in [-0.2, 0) is 6.54 Å². The minimum Gasteiger partial charge on any atom is -0.292 e. The lowest BCUT2D eigenvalue weighted by Crippen LogP contribution is -2.23. The van der Waals surface area contributed by atoms with E-state index in [0.29, 0.717) is 15.9 Å². The Morgan fingerprint density at radius 2 is 2.20 bits per heavy atom. The maximum Gasteiger partial charge on any atom is 0.283 e. The molecule has 2 aromatic rings. The maximum absolute atomic E-state index is 11.9. The summed E-state index contributed by atoms with van der Waals surface area (Å²) in [4.78, 5) is 26.3. The zero-order valence-corrected chi connectivity index (χ0v) is 12.7. The average molecular weight is 359 g/mol. The van der Waals surface area contributed by atoms with Crippen molar-refractivity contribution in [2.24, 2.45) is 0 Å². The van der Waals surface area contributed by atoms with Crippen molar-refractivity contribution in [2.75, 3.05) is 0 Å². The van der Waals surface area contributed by atoms with Crippen LogP contribution >= 0.6 is 27.5 Å². The number of hydrogen-bond donors (Lipinski definition) is 0. The molecule has 0 radical (unpaired) electrons. The van der Waals surface area contributed by atoms with Crippen molar-refractivity contribution in [3.05, 3.63) is 65.7 Å². The molecule has 0 aliphatic carbocycles. The smallest absolute Gasteiger partial charge is 0.283 e. The van der Waals surface area contributed by atoms with Gasteiger partial charge in [0.15, 0.2) is 0 Å². The van der Waals surface area contributed by atoms with Crippen LogP contribution in [0.2, 0.25) is 5.15 Å². The Hall–Kier alpha value is -1.73. The summed E-state index contributed by atoms with van der Waals surface area (Å²) in [6.07, 6.45) is 0. The van der Waals surface area contributed by atoms with Gasteiger partial charge in [-0.15, -0.1) is 0 Å². The van der Waals surface area contributed by atoms with Crippen LogP contribution in [0, 0.1) is 17.0 Å². The lowest BCUT2D eigenvalue weighted by Gasteiger charge is -2.10. The Balaban J connectivity index is 2.49. The number of nitrogens with zero attached hydrogens (tertiary/aromatic N) is 3. The van der Waals surface area contributed by atoms with Crippen LogP contribution < -0.4 is 5.56 Å². The van der Waals surface area contributed by atoms with Crippen LogP contribution in [-0.4, -0.2) is 14.5 Å². The number of benzene rings is 1. The number of rotatable bonds is 3.